The van der Waals surface area contributed by atoms with Crippen LogP contribution in [-0.4, -0.2) is 9.97 Å². The zero-order valence-electron chi connectivity index (χ0n) is 6.81. The maximum Gasteiger partial charge on any atom is 0.174 e. The first-order valence-corrected chi connectivity index (χ1v) is 3.82. The van der Waals surface area contributed by atoms with Crippen LogP contribution in [0.5, 0.6) is 0 Å². The molecule has 0 aliphatic heterocycles. The lowest BCUT2D eigenvalue weighted by Crippen LogP contribution is -2.15. The summed E-state index contributed by atoms with van der Waals surface area (Å²) >= 11 is 0. The van der Waals surface area contributed by atoms with Crippen LogP contribution in [0.1, 0.15) is 25.2 Å². The largest absolute Gasteiger partial charge is 0.339 e. The van der Waals surface area contributed by atoms with Crippen LogP contribution < -0.4 is 0 Å². The quantitative estimate of drug-likeness (QED) is 0.595. The van der Waals surface area contributed by atoms with Crippen molar-refractivity contribution in [2.24, 2.45) is 5.41 Å². The van der Waals surface area contributed by atoms with Crippen molar-refractivity contribution in [1.29, 1.82) is 0 Å². The lowest BCUT2D eigenvalue weighted by molar-refractivity contribution is 0.469. The minimum absolute atomic E-state index is 0.271. The van der Waals surface area contributed by atoms with Crippen molar-refractivity contribution in [3.63, 3.8) is 0 Å². The smallest absolute Gasteiger partial charge is 0.174 e. The third-order valence-electron chi connectivity index (χ3n) is 2.02. The van der Waals surface area contributed by atoms with Gasteiger partial charge in [-0.05, 0) is 17.9 Å². The summed E-state index contributed by atoms with van der Waals surface area (Å²) in [6.45, 7) is 4.43. The van der Waals surface area contributed by atoms with Crippen molar-refractivity contribution in [2.45, 2.75) is 20.3 Å². The molecule has 1 heterocycles. The lowest BCUT2D eigenvalue weighted by atomic mass is 9.83. The number of fused-ring (bicyclic) bond motifs is 1. The summed E-state index contributed by atoms with van der Waals surface area (Å²) in [7, 11) is 0. The molecular formula is C9H11N2. The van der Waals surface area contributed by atoms with Gasteiger partial charge in [0.25, 0.3) is 0 Å². The molecule has 1 N–H and O–H groups in total. The van der Waals surface area contributed by atoms with Gasteiger partial charge in [0.15, 0.2) is 6.33 Å². The fraction of sp³-hybridized carbons (Fsp3) is 0.444. The lowest BCUT2D eigenvalue weighted by Gasteiger charge is -2.22. The fourth-order valence-corrected chi connectivity index (χ4v) is 1.38. The van der Waals surface area contributed by atoms with E-state index in [2.05, 4.69) is 42.3 Å². The average molecular weight is 147 g/mol. The van der Waals surface area contributed by atoms with Gasteiger partial charge in [-0.3, -0.25) is 0 Å². The Morgan fingerprint density at radius 2 is 2.45 bits per heavy atom. The fourth-order valence-electron chi connectivity index (χ4n) is 1.38. The highest BCUT2D eigenvalue weighted by Gasteiger charge is 2.21. The van der Waals surface area contributed by atoms with Gasteiger partial charge in [0.2, 0.25) is 0 Å². The zero-order chi connectivity index (χ0) is 7.90. The van der Waals surface area contributed by atoms with Crippen molar-refractivity contribution in [3.8, 4) is 0 Å². The summed E-state index contributed by atoms with van der Waals surface area (Å²) in [6.07, 6.45) is 8.05. The van der Waals surface area contributed by atoms with Gasteiger partial charge in [-0.2, -0.15) is 0 Å². The van der Waals surface area contributed by atoms with E-state index in [0.29, 0.717) is 0 Å². The third-order valence-corrected chi connectivity index (χ3v) is 2.02. The van der Waals surface area contributed by atoms with E-state index in [1.54, 1.807) is 0 Å². The number of aromatic amines is 1. The van der Waals surface area contributed by atoms with Crippen LogP contribution in [0.15, 0.2) is 6.08 Å². The summed E-state index contributed by atoms with van der Waals surface area (Å²) < 4.78 is 0. The number of nitrogens with one attached hydrogen (secondary N) is 1. The summed E-state index contributed by atoms with van der Waals surface area (Å²) in [5.74, 6) is 0. The van der Waals surface area contributed by atoms with E-state index in [9.17, 15) is 0 Å². The van der Waals surface area contributed by atoms with E-state index in [4.69, 9.17) is 0 Å². The molecule has 1 aliphatic rings. The van der Waals surface area contributed by atoms with E-state index >= 15 is 0 Å². The third kappa shape index (κ3) is 1.09. The molecule has 0 bridgehead atoms. The van der Waals surface area contributed by atoms with Crippen LogP contribution >= 0.6 is 0 Å². The topological polar surface area (TPSA) is 28.7 Å². The second-order valence-corrected chi connectivity index (χ2v) is 3.71. The van der Waals surface area contributed by atoms with Crippen LogP contribution in [0.25, 0.3) is 6.08 Å². The van der Waals surface area contributed by atoms with Crippen LogP contribution in [0, 0.1) is 11.7 Å². The normalized spacial score (nSPS) is 19.8. The highest BCUT2D eigenvalue weighted by Crippen LogP contribution is 2.29. The maximum absolute atomic E-state index is 4.05. The monoisotopic (exact) mass is 147 g/mol. The van der Waals surface area contributed by atoms with E-state index in [0.717, 1.165) is 12.1 Å². The molecule has 0 atom stereocenters. The Labute approximate surface area is 66.4 Å². The molecule has 2 heteroatoms. The Morgan fingerprint density at radius 1 is 1.64 bits per heavy atom. The van der Waals surface area contributed by atoms with Crippen molar-refractivity contribution in [3.05, 3.63) is 23.8 Å². The molecule has 1 aliphatic carbocycles. The van der Waals surface area contributed by atoms with Crippen molar-refractivity contribution in [1.82, 2.24) is 9.97 Å². The molecule has 2 nitrogen and oxygen atoms in total. The van der Waals surface area contributed by atoms with Crippen molar-refractivity contribution < 1.29 is 0 Å². The van der Waals surface area contributed by atoms with Gasteiger partial charge >= 0.3 is 0 Å². The number of nitrogens with zero attached hydrogens (tertiary/aromatic N) is 1. The average Bonchev–Trinajstić information content (AvgIpc) is 2.31. The van der Waals surface area contributed by atoms with E-state index in [-0.39, 0.29) is 5.41 Å². The summed E-state index contributed by atoms with van der Waals surface area (Å²) in [6, 6.07) is 0. The highest BCUT2D eigenvalue weighted by atomic mass is 14.9. The molecule has 1 radical (unpaired) electrons. The predicted molar refractivity (Wildman–Crippen MR) is 43.9 cm³/mol. The molecule has 0 spiro atoms. The minimum Gasteiger partial charge on any atom is -0.339 e. The number of aromatic nitrogens is 2. The second kappa shape index (κ2) is 1.97. The van der Waals surface area contributed by atoms with Crippen LogP contribution in [-0.2, 0) is 6.42 Å². The second-order valence-electron chi connectivity index (χ2n) is 3.71. The minimum atomic E-state index is 0.271. The SMILES string of the molecule is CC1(C)C=Cc2n[c][nH]c2C1. The van der Waals surface area contributed by atoms with Crippen LogP contribution in [0.3, 0.4) is 0 Å². The number of hydrogen-bond donors (Lipinski definition) is 1. The molecule has 11 heavy (non-hydrogen) atoms. The first-order valence-electron chi connectivity index (χ1n) is 3.82. The number of H-pyrrole nitrogens is 1. The van der Waals surface area contributed by atoms with Gasteiger partial charge in [0.1, 0.15) is 0 Å². The molecular weight excluding hydrogens is 136 g/mol. The number of hydrogen-bond acceptors (Lipinski definition) is 1. The Kier molecular flexibility index (Phi) is 1.19. The zero-order valence-corrected chi connectivity index (χ0v) is 6.81. The molecule has 2 rings (SSSR count). The first kappa shape index (κ1) is 6.65. The van der Waals surface area contributed by atoms with Gasteiger partial charge in [-0.1, -0.05) is 19.9 Å². The predicted octanol–water partition coefficient (Wildman–Crippen LogP) is 1.81. The van der Waals surface area contributed by atoms with Crippen molar-refractivity contribution in [2.75, 3.05) is 0 Å². The van der Waals surface area contributed by atoms with Gasteiger partial charge in [0, 0.05) is 5.69 Å². The van der Waals surface area contributed by atoms with E-state index < -0.39 is 0 Å². The molecule has 0 fully saturated rings. The highest BCUT2D eigenvalue weighted by molar-refractivity contribution is 5.51. The van der Waals surface area contributed by atoms with Gasteiger partial charge in [-0.15, -0.1) is 0 Å². The number of rotatable bonds is 0. The van der Waals surface area contributed by atoms with Crippen molar-refractivity contribution >= 4 is 6.08 Å². The molecule has 0 aromatic carbocycles. The number of allylic oxidation sites excluding steroid dienone is 1. The molecule has 0 unspecified atom stereocenters. The van der Waals surface area contributed by atoms with Crippen LogP contribution in [0.2, 0.25) is 0 Å². The summed E-state index contributed by atoms with van der Waals surface area (Å²) in [5, 5.41) is 0. The van der Waals surface area contributed by atoms with Gasteiger partial charge < -0.3 is 4.98 Å². The molecule has 57 valence electrons. The molecule has 0 saturated heterocycles. The van der Waals surface area contributed by atoms with Gasteiger partial charge in [0.05, 0.1) is 5.69 Å². The Morgan fingerprint density at radius 3 is 3.27 bits per heavy atom. The molecule has 1 aromatic rings. The molecule has 0 amide bonds. The standard InChI is InChI=1S/C9H11N2/c1-9(2)4-3-7-8(5-9)11-6-10-7/h3-4H,5H2,1-2H3,(H,10,11). The summed E-state index contributed by atoms with van der Waals surface area (Å²) in [5.41, 5.74) is 2.52. The molecule has 1 aromatic heterocycles. The van der Waals surface area contributed by atoms with Crippen LogP contribution in [0.4, 0.5) is 0 Å². The first-order chi connectivity index (χ1) is 5.17. The maximum atomic E-state index is 4.05. The Hall–Kier alpha value is -1.05. The number of imidazole rings is 1. The van der Waals surface area contributed by atoms with Gasteiger partial charge in [-0.25, -0.2) is 4.98 Å². The van der Waals surface area contributed by atoms with E-state index in [1.165, 1.54) is 5.69 Å². The Balaban J connectivity index is 2.44. The summed E-state index contributed by atoms with van der Waals surface area (Å²) in [4.78, 5) is 7.08. The molecule has 0 saturated carbocycles. The van der Waals surface area contributed by atoms with E-state index in [1.807, 2.05) is 0 Å². The Bertz CT molecular complexity index is 294.